The van der Waals surface area contributed by atoms with Crippen LogP contribution >= 0.6 is 27.5 Å². The summed E-state index contributed by atoms with van der Waals surface area (Å²) < 4.78 is 0.864. The minimum absolute atomic E-state index is 0.0324. The molecule has 3 nitrogen and oxygen atoms in total. The Bertz CT molecular complexity index is 1130. The van der Waals surface area contributed by atoms with Crippen LogP contribution < -0.4 is 5.32 Å². The molecule has 3 aromatic rings. The van der Waals surface area contributed by atoms with Gasteiger partial charge < -0.3 is 5.32 Å². The smallest absolute Gasteiger partial charge is 0.266 e. The van der Waals surface area contributed by atoms with Gasteiger partial charge in [-0.15, -0.1) is 0 Å². The van der Waals surface area contributed by atoms with E-state index in [0.717, 1.165) is 26.7 Å². The molecule has 1 amide bonds. The summed E-state index contributed by atoms with van der Waals surface area (Å²) >= 11 is 9.77. The van der Waals surface area contributed by atoms with E-state index in [-0.39, 0.29) is 5.57 Å². The Morgan fingerprint density at radius 2 is 1.90 bits per heavy atom. The number of anilines is 1. The second-order valence-corrected chi connectivity index (χ2v) is 7.93. The van der Waals surface area contributed by atoms with Crippen LogP contribution in [-0.2, 0) is 11.2 Å². The number of aryl methyl sites for hydroxylation is 1. The SMILES string of the molecule is Cc1cccc(NC(=O)/C(C#N)=C/c2cc(Br)ccc2Cc2ccccc2Cl)c1. The number of hydrogen-bond acceptors (Lipinski definition) is 2. The summed E-state index contributed by atoms with van der Waals surface area (Å²) in [5.74, 6) is -0.443. The summed E-state index contributed by atoms with van der Waals surface area (Å²) in [5, 5.41) is 13.0. The molecule has 1 N–H and O–H groups in total. The maximum Gasteiger partial charge on any atom is 0.266 e. The number of hydrogen-bond donors (Lipinski definition) is 1. The van der Waals surface area contributed by atoms with Gasteiger partial charge in [-0.25, -0.2) is 0 Å². The average Bonchev–Trinajstić information content (AvgIpc) is 2.69. The highest BCUT2D eigenvalue weighted by Gasteiger charge is 2.12. The maximum atomic E-state index is 12.6. The van der Waals surface area contributed by atoms with Crippen LogP contribution in [0.4, 0.5) is 5.69 Å². The number of rotatable bonds is 5. The molecule has 0 bridgehead atoms. The molecule has 0 saturated carbocycles. The van der Waals surface area contributed by atoms with Crippen LogP contribution in [0.15, 0.2) is 76.8 Å². The van der Waals surface area contributed by atoms with Crippen LogP contribution in [0, 0.1) is 18.3 Å². The molecule has 144 valence electrons. The molecule has 0 spiro atoms. The van der Waals surface area contributed by atoms with Gasteiger partial charge in [0.15, 0.2) is 0 Å². The molecule has 0 aliphatic carbocycles. The van der Waals surface area contributed by atoms with E-state index in [1.807, 2.05) is 73.7 Å². The Labute approximate surface area is 183 Å². The molecule has 0 saturated heterocycles. The predicted octanol–water partition coefficient (Wildman–Crippen LogP) is 6.55. The zero-order chi connectivity index (χ0) is 20.8. The lowest BCUT2D eigenvalue weighted by atomic mass is 9.98. The highest BCUT2D eigenvalue weighted by molar-refractivity contribution is 9.10. The molecule has 29 heavy (non-hydrogen) atoms. The molecule has 0 radical (unpaired) electrons. The van der Waals surface area contributed by atoms with Gasteiger partial charge in [-0.1, -0.05) is 63.9 Å². The van der Waals surface area contributed by atoms with Gasteiger partial charge in [0, 0.05) is 15.2 Å². The number of benzene rings is 3. The predicted molar refractivity (Wildman–Crippen MR) is 122 cm³/mol. The normalized spacial score (nSPS) is 11.0. The molecule has 0 aliphatic heterocycles. The largest absolute Gasteiger partial charge is 0.321 e. The average molecular weight is 466 g/mol. The van der Waals surface area contributed by atoms with E-state index in [4.69, 9.17) is 11.6 Å². The highest BCUT2D eigenvalue weighted by Crippen LogP contribution is 2.25. The van der Waals surface area contributed by atoms with E-state index in [9.17, 15) is 10.1 Å². The van der Waals surface area contributed by atoms with Gasteiger partial charge in [-0.3, -0.25) is 4.79 Å². The van der Waals surface area contributed by atoms with E-state index >= 15 is 0 Å². The van der Waals surface area contributed by atoms with Gasteiger partial charge in [0.05, 0.1) is 0 Å². The number of carbonyl (C=O) groups excluding carboxylic acids is 1. The Morgan fingerprint density at radius 3 is 2.62 bits per heavy atom. The Kier molecular flexibility index (Phi) is 6.87. The molecule has 0 fully saturated rings. The first-order chi connectivity index (χ1) is 14.0. The van der Waals surface area contributed by atoms with Crippen molar-refractivity contribution in [1.82, 2.24) is 0 Å². The van der Waals surface area contributed by atoms with Crippen molar-refractivity contribution in [2.24, 2.45) is 0 Å². The fourth-order valence-corrected chi connectivity index (χ4v) is 3.51. The Hall–Kier alpha value is -2.87. The van der Waals surface area contributed by atoms with Crippen molar-refractivity contribution in [1.29, 1.82) is 5.26 Å². The van der Waals surface area contributed by atoms with Gasteiger partial charge in [-0.05, 0) is 72.0 Å². The van der Waals surface area contributed by atoms with Gasteiger partial charge >= 0.3 is 0 Å². The molecule has 0 unspecified atom stereocenters. The summed E-state index contributed by atoms with van der Waals surface area (Å²) in [6.45, 7) is 1.94. The Morgan fingerprint density at radius 1 is 1.10 bits per heavy atom. The fraction of sp³-hybridized carbons (Fsp3) is 0.0833. The van der Waals surface area contributed by atoms with Crippen LogP contribution in [0.3, 0.4) is 0 Å². The molecule has 3 rings (SSSR count). The molecular formula is C24H18BrClN2O. The standard InChI is InChI=1S/C24H18BrClN2O/c1-16-5-4-7-22(11-16)28-24(29)20(15-27)13-19-14-21(25)10-9-17(19)12-18-6-2-3-8-23(18)26/h2-11,13-14H,12H2,1H3,(H,28,29)/b20-13+. The van der Waals surface area contributed by atoms with Crippen molar-refractivity contribution in [2.45, 2.75) is 13.3 Å². The van der Waals surface area contributed by atoms with Crippen molar-refractivity contribution in [2.75, 3.05) is 5.32 Å². The van der Waals surface area contributed by atoms with Crippen LogP contribution in [0.5, 0.6) is 0 Å². The summed E-state index contributed by atoms with van der Waals surface area (Å²) in [4.78, 5) is 12.6. The number of nitrogens with zero attached hydrogens (tertiary/aromatic N) is 1. The minimum Gasteiger partial charge on any atom is -0.321 e. The number of nitrogens with one attached hydrogen (secondary N) is 1. The molecule has 0 aliphatic rings. The first-order valence-electron chi connectivity index (χ1n) is 8.98. The third-order valence-electron chi connectivity index (χ3n) is 4.39. The van der Waals surface area contributed by atoms with Crippen molar-refractivity contribution in [3.8, 4) is 6.07 Å². The molecule has 0 heterocycles. The van der Waals surface area contributed by atoms with Crippen molar-refractivity contribution in [3.63, 3.8) is 0 Å². The van der Waals surface area contributed by atoms with Crippen molar-refractivity contribution < 1.29 is 4.79 Å². The second kappa shape index (κ2) is 9.56. The molecule has 3 aromatic carbocycles. The Balaban J connectivity index is 1.92. The monoisotopic (exact) mass is 464 g/mol. The molecule has 0 atom stereocenters. The van der Waals surface area contributed by atoms with Gasteiger partial charge in [0.25, 0.3) is 5.91 Å². The molecular weight excluding hydrogens is 448 g/mol. The third-order valence-corrected chi connectivity index (χ3v) is 5.25. The summed E-state index contributed by atoms with van der Waals surface area (Å²) in [6, 6.07) is 22.9. The number of amides is 1. The number of nitriles is 1. The first-order valence-corrected chi connectivity index (χ1v) is 10.1. The topological polar surface area (TPSA) is 52.9 Å². The summed E-state index contributed by atoms with van der Waals surface area (Å²) in [6.07, 6.45) is 2.21. The second-order valence-electron chi connectivity index (χ2n) is 6.60. The zero-order valence-corrected chi connectivity index (χ0v) is 18.1. The van der Waals surface area contributed by atoms with E-state index in [1.165, 1.54) is 0 Å². The lowest BCUT2D eigenvalue weighted by Crippen LogP contribution is -2.13. The molecule has 5 heteroatoms. The lowest BCUT2D eigenvalue weighted by Gasteiger charge is -2.10. The lowest BCUT2D eigenvalue weighted by molar-refractivity contribution is -0.112. The third kappa shape index (κ3) is 5.57. The van der Waals surface area contributed by atoms with E-state index in [2.05, 4.69) is 21.2 Å². The molecule has 0 aromatic heterocycles. The van der Waals surface area contributed by atoms with E-state index in [1.54, 1.807) is 12.1 Å². The van der Waals surface area contributed by atoms with Crippen molar-refractivity contribution >= 4 is 45.2 Å². The summed E-state index contributed by atoms with van der Waals surface area (Å²) in [7, 11) is 0. The number of halogens is 2. The van der Waals surface area contributed by atoms with Crippen LogP contribution in [0.25, 0.3) is 6.08 Å². The van der Waals surface area contributed by atoms with Crippen LogP contribution in [0.1, 0.15) is 22.3 Å². The van der Waals surface area contributed by atoms with Gasteiger partial charge in [0.1, 0.15) is 11.6 Å². The zero-order valence-electron chi connectivity index (χ0n) is 15.7. The van der Waals surface area contributed by atoms with Crippen LogP contribution in [-0.4, -0.2) is 5.91 Å². The van der Waals surface area contributed by atoms with Crippen molar-refractivity contribution in [3.05, 3.63) is 104 Å². The van der Waals surface area contributed by atoms with Gasteiger partial charge in [-0.2, -0.15) is 5.26 Å². The highest BCUT2D eigenvalue weighted by atomic mass is 79.9. The number of carbonyl (C=O) groups is 1. The van der Waals surface area contributed by atoms with E-state index in [0.29, 0.717) is 17.1 Å². The first kappa shape index (κ1) is 20.9. The minimum atomic E-state index is -0.443. The van der Waals surface area contributed by atoms with E-state index < -0.39 is 5.91 Å². The van der Waals surface area contributed by atoms with Crippen LogP contribution in [0.2, 0.25) is 5.02 Å². The fourth-order valence-electron chi connectivity index (χ4n) is 2.93. The maximum absolute atomic E-state index is 12.6. The quantitative estimate of drug-likeness (QED) is 0.343. The summed E-state index contributed by atoms with van der Waals surface area (Å²) in [5.41, 5.74) is 4.45. The van der Waals surface area contributed by atoms with Gasteiger partial charge in [0.2, 0.25) is 0 Å².